The van der Waals surface area contributed by atoms with E-state index in [4.69, 9.17) is 11.6 Å². The first-order valence-corrected chi connectivity index (χ1v) is 8.16. The normalized spacial score (nSPS) is 11.3. The number of hydrogen-bond donors (Lipinski definition) is 0. The summed E-state index contributed by atoms with van der Waals surface area (Å²) in [5.74, 6) is 1.63. The van der Waals surface area contributed by atoms with Crippen LogP contribution in [0.4, 0.5) is 0 Å². The summed E-state index contributed by atoms with van der Waals surface area (Å²) < 4.78 is 2.30. The van der Waals surface area contributed by atoms with Crippen molar-refractivity contribution in [2.75, 3.05) is 0 Å². The molecule has 20 heavy (non-hydrogen) atoms. The fraction of sp³-hybridized carbons (Fsp3) is 0.333. The molecule has 0 fully saturated rings. The molecule has 3 aromatic rings. The minimum Gasteiger partial charge on any atom is -0.328 e. The minimum absolute atomic E-state index is 0.491. The molecule has 0 N–H and O–H groups in total. The highest BCUT2D eigenvalue weighted by Gasteiger charge is 2.09. The van der Waals surface area contributed by atoms with Crippen LogP contribution < -0.4 is 0 Å². The average molecular weight is 306 g/mol. The van der Waals surface area contributed by atoms with E-state index >= 15 is 0 Å². The fourth-order valence-corrected chi connectivity index (χ4v) is 3.39. The van der Waals surface area contributed by atoms with Crippen LogP contribution in [0.15, 0.2) is 29.6 Å². The van der Waals surface area contributed by atoms with E-state index in [0.29, 0.717) is 5.88 Å². The fourth-order valence-electron chi connectivity index (χ4n) is 2.38. The van der Waals surface area contributed by atoms with Crippen molar-refractivity contribution in [3.63, 3.8) is 0 Å². The summed E-state index contributed by atoms with van der Waals surface area (Å²) >= 11 is 7.48. The van der Waals surface area contributed by atoms with Gasteiger partial charge in [-0.05, 0) is 12.1 Å². The van der Waals surface area contributed by atoms with E-state index in [1.165, 1.54) is 5.52 Å². The van der Waals surface area contributed by atoms with E-state index < -0.39 is 0 Å². The van der Waals surface area contributed by atoms with Crippen LogP contribution in [0.5, 0.6) is 0 Å². The second-order valence-electron chi connectivity index (χ2n) is 4.64. The molecule has 2 aromatic heterocycles. The first-order chi connectivity index (χ1) is 9.81. The number of hydrogen-bond acceptors (Lipinski definition) is 3. The molecule has 0 saturated heterocycles. The van der Waals surface area contributed by atoms with Crippen molar-refractivity contribution < 1.29 is 0 Å². The zero-order valence-corrected chi connectivity index (χ0v) is 12.9. The largest absolute Gasteiger partial charge is 0.328 e. The minimum atomic E-state index is 0.491. The third-order valence-corrected chi connectivity index (χ3v) is 4.57. The molecule has 0 bridgehead atoms. The Morgan fingerprint density at radius 1 is 1.25 bits per heavy atom. The SMILES string of the molecule is CCc1nc2ccccc2n1CCc1nc(CCl)cs1. The van der Waals surface area contributed by atoms with Crippen molar-refractivity contribution in [1.82, 2.24) is 14.5 Å². The van der Waals surface area contributed by atoms with E-state index in [2.05, 4.69) is 39.7 Å². The van der Waals surface area contributed by atoms with Gasteiger partial charge >= 0.3 is 0 Å². The summed E-state index contributed by atoms with van der Waals surface area (Å²) in [7, 11) is 0. The molecule has 3 nitrogen and oxygen atoms in total. The predicted molar refractivity (Wildman–Crippen MR) is 84.5 cm³/mol. The molecule has 0 aliphatic heterocycles. The summed E-state index contributed by atoms with van der Waals surface area (Å²) in [6.07, 6.45) is 1.87. The lowest BCUT2D eigenvalue weighted by molar-refractivity contribution is 0.671. The topological polar surface area (TPSA) is 30.7 Å². The number of rotatable bonds is 5. The van der Waals surface area contributed by atoms with Crippen LogP contribution in [0, 0.1) is 0 Å². The molecule has 0 spiro atoms. The Kier molecular flexibility index (Phi) is 4.03. The lowest BCUT2D eigenvalue weighted by Crippen LogP contribution is -2.05. The number of halogens is 1. The number of alkyl halides is 1. The maximum absolute atomic E-state index is 5.79. The Labute approximate surface area is 127 Å². The Bertz CT molecular complexity index is 717. The molecule has 104 valence electrons. The number of aromatic nitrogens is 3. The van der Waals surface area contributed by atoms with Crippen molar-refractivity contribution in [2.24, 2.45) is 0 Å². The molecule has 0 amide bonds. The number of para-hydroxylation sites is 2. The quantitative estimate of drug-likeness (QED) is 0.666. The molecule has 3 rings (SSSR count). The van der Waals surface area contributed by atoms with E-state index in [0.717, 1.165) is 41.4 Å². The molecule has 5 heteroatoms. The van der Waals surface area contributed by atoms with Gasteiger partial charge in [0.05, 0.1) is 27.6 Å². The van der Waals surface area contributed by atoms with Crippen LogP contribution in [0.2, 0.25) is 0 Å². The molecular weight excluding hydrogens is 290 g/mol. The Morgan fingerprint density at radius 2 is 2.10 bits per heavy atom. The zero-order chi connectivity index (χ0) is 13.9. The van der Waals surface area contributed by atoms with E-state index in [1.54, 1.807) is 11.3 Å². The number of nitrogens with zero attached hydrogens (tertiary/aromatic N) is 3. The van der Waals surface area contributed by atoms with Gasteiger partial charge in [0.25, 0.3) is 0 Å². The standard InChI is InChI=1S/C15H16ClN3S/c1-2-14-18-12-5-3-4-6-13(12)19(14)8-7-15-17-11(9-16)10-20-15/h3-6,10H,2,7-9H2,1H3. The van der Waals surface area contributed by atoms with Gasteiger partial charge in [-0.1, -0.05) is 19.1 Å². The van der Waals surface area contributed by atoms with Gasteiger partial charge in [0.2, 0.25) is 0 Å². The highest BCUT2D eigenvalue weighted by Crippen LogP contribution is 2.18. The van der Waals surface area contributed by atoms with Crippen LogP contribution in [-0.2, 0) is 25.3 Å². The number of thiazole rings is 1. The highest BCUT2D eigenvalue weighted by atomic mass is 35.5. The van der Waals surface area contributed by atoms with Gasteiger partial charge in [0.15, 0.2) is 0 Å². The number of imidazole rings is 1. The maximum Gasteiger partial charge on any atom is 0.109 e. The van der Waals surface area contributed by atoms with E-state index in [1.807, 2.05) is 11.4 Å². The second kappa shape index (κ2) is 5.94. The molecule has 0 atom stereocenters. The molecule has 0 unspecified atom stereocenters. The predicted octanol–water partition coefficient (Wildman–Crippen LogP) is 4.04. The van der Waals surface area contributed by atoms with Gasteiger partial charge in [-0.2, -0.15) is 0 Å². The third-order valence-electron chi connectivity index (χ3n) is 3.34. The zero-order valence-electron chi connectivity index (χ0n) is 11.3. The molecular formula is C15H16ClN3S. The monoisotopic (exact) mass is 305 g/mol. The van der Waals surface area contributed by atoms with Crippen LogP contribution in [0.3, 0.4) is 0 Å². The lowest BCUT2D eigenvalue weighted by atomic mass is 10.3. The van der Waals surface area contributed by atoms with Crippen molar-refractivity contribution >= 4 is 34.0 Å². The molecule has 1 aromatic carbocycles. The molecule has 2 heterocycles. The lowest BCUT2D eigenvalue weighted by Gasteiger charge is -2.06. The van der Waals surface area contributed by atoms with Crippen LogP contribution in [-0.4, -0.2) is 14.5 Å². The third kappa shape index (κ3) is 2.58. The summed E-state index contributed by atoms with van der Waals surface area (Å²) in [6.45, 7) is 3.06. The van der Waals surface area contributed by atoms with Crippen LogP contribution in [0.25, 0.3) is 11.0 Å². The smallest absolute Gasteiger partial charge is 0.109 e. The first kappa shape index (κ1) is 13.6. The average Bonchev–Trinajstić information content (AvgIpc) is 3.08. The summed E-state index contributed by atoms with van der Waals surface area (Å²) in [5.41, 5.74) is 3.25. The van der Waals surface area contributed by atoms with Gasteiger partial charge < -0.3 is 4.57 Å². The van der Waals surface area contributed by atoms with E-state index in [9.17, 15) is 0 Å². The van der Waals surface area contributed by atoms with Crippen LogP contribution in [0.1, 0.15) is 23.4 Å². The number of benzene rings is 1. The maximum atomic E-state index is 5.79. The van der Waals surface area contributed by atoms with Crippen molar-refractivity contribution in [3.05, 3.63) is 46.2 Å². The first-order valence-electron chi connectivity index (χ1n) is 6.75. The second-order valence-corrected chi connectivity index (χ2v) is 5.85. The van der Waals surface area contributed by atoms with Crippen LogP contribution >= 0.6 is 22.9 Å². The molecule has 0 aliphatic carbocycles. The summed E-state index contributed by atoms with van der Waals surface area (Å²) in [4.78, 5) is 9.21. The molecule has 0 aliphatic rings. The molecule has 0 radical (unpaired) electrons. The van der Waals surface area contributed by atoms with Crippen molar-refractivity contribution in [3.8, 4) is 0 Å². The molecule has 0 saturated carbocycles. The van der Waals surface area contributed by atoms with Gasteiger partial charge in [-0.15, -0.1) is 22.9 Å². The van der Waals surface area contributed by atoms with Gasteiger partial charge in [-0.25, -0.2) is 9.97 Å². The Hall–Kier alpha value is -1.39. The van der Waals surface area contributed by atoms with Gasteiger partial charge in [0, 0.05) is 24.8 Å². The summed E-state index contributed by atoms with van der Waals surface area (Å²) in [6, 6.07) is 8.30. The van der Waals surface area contributed by atoms with Gasteiger partial charge in [-0.3, -0.25) is 0 Å². The van der Waals surface area contributed by atoms with E-state index in [-0.39, 0.29) is 0 Å². The van der Waals surface area contributed by atoms with Crippen molar-refractivity contribution in [2.45, 2.75) is 32.2 Å². The number of aryl methyl sites for hydroxylation is 3. The number of fused-ring (bicyclic) bond motifs is 1. The Morgan fingerprint density at radius 3 is 2.85 bits per heavy atom. The van der Waals surface area contributed by atoms with Gasteiger partial charge in [0.1, 0.15) is 5.82 Å². The Balaban J connectivity index is 1.86. The summed E-state index contributed by atoms with van der Waals surface area (Å²) in [5, 5.41) is 3.18. The highest BCUT2D eigenvalue weighted by molar-refractivity contribution is 7.09. The van der Waals surface area contributed by atoms with Crippen molar-refractivity contribution in [1.29, 1.82) is 0 Å².